The molecule has 3 fully saturated rings. The van der Waals surface area contributed by atoms with Crippen molar-refractivity contribution < 1.29 is 0 Å². The van der Waals surface area contributed by atoms with E-state index in [4.69, 9.17) is 0 Å². The van der Waals surface area contributed by atoms with Crippen molar-refractivity contribution in [2.24, 2.45) is 29.6 Å². The Labute approximate surface area is 82.1 Å². The van der Waals surface area contributed by atoms with E-state index in [0.717, 1.165) is 29.6 Å². The minimum Gasteiger partial charge on any atom is -0.0620 e. The third-order valence-electron chi connectivity index (χ3n) is 5.39. The highest BCUT2D eigenvalue weighted by Crippen LogP contribution is 2.54. The Kier molecular flexibility index (Phi) is 1.92. The van der Waals surface area contributed by atoms with Gasteiger partial charge in [-0.25, -0.2) is 0 Å². The van der Waals surface area contributed by atoms with Gasteiger partial charge in [-0.3, -0.25) is 0 Å². The molecule has 74 valence electrons. The van der Waals surface area contributed by atoms with Crippen LogP contribution in [0.1, 0.15) is 51.9 Å². The summed E-state index contributed by atoms with van der Waals surface area (Å²) in [7, 11) is 0. The van der Waals surface area contributed by atoms with E-state index < -0.39 is 0 Å². The Morgan fingerprint density at radius 3 is 1.85 bits per heavy atom. The van der Waals surface area contributed by atoms with Gasteiger partial charge in [0.05, 0.1) is 0 Å². The van der Waals surface area contributed by atoms with Gasteiger partial charge in [-0.2, -0.15) is 0 Å². The normalized spacial score (nSPS) is 54.7. The van der Waals surface area contributed by atoms with Gasteiger partial charge in [-0.05, 0) is 48.9 Å². The Morgan fingerprint density at radius 1 is 0.769 bits per heavy atom. The topological polar surface area (TPSA) is 0 Å². The lowest BCUT2D eigenvalue weighted by Gasteiger charge is -2.40. The molecule has 4 atom stereocenters. The molecule has 0 N–H and O–H groups in total. The SMILES string of the molecule is CC1C2CCCC2CC2CCCC21. The van der Waals surface area contributed by atoms with Crippen LogP contribution in [-0.2, 0) is 0 Å². The molecule has 0 aromatic rings. The first-order valence-electron chi connectivity index (χ1n) is 6.36. The largest absolute Gasteiger partial charge is 0.0620 e. The van der Waals surface area contributed by atoms with Crippen LogP contribution in [0.5, 0.6) is 0 Å². The molecule has 4 unspecified atom stereocenters. The molecule has 0 bridgehead atoms. The molecule has 3 aliphatic rings. The third-order valence-corrected chi connectivity index (χ3v) is 5.39. The van der Waals surface area contributed by atoms with Gasteiger partial charge in [0, 0.05) is 0 Å². The minimum absolute atomic E-state index is 1.08. The highest BCUT2D eigenvalue weighted by atomic mass is 14.5. The van der Waals surface area contributed by atoms with Crippen molar-refractivity contribution in [3.63, 3.8) is 0 Å². The smallest absolute Gasteiger partial charge is 0.0357 e. The summed E-state index contributed by atoms with van der Waals surface area (Å²) in [5.41, 5.74) is 0. The monoisotopic (exact) mass is 178 g/mol. The average Bonchev–Trinajstić information content (AvgIpc) is 2.71. The summed E-state index contributed by atoms with van der Waals surface area (Å²) in [4.78, 5) is 0. The van der Waals surface area contributed by atoms with E-state index in [2.05, 4.69) is 6.92 Å². The molecule has 0 nitrogen and oxygen atoms in total. The van der Waals surface area contributed by atoms with Crippen LogP contribution in [0.4, 0.5) is 0 Å². The number of rotatable bonds is 0. The van der Waals surface area contributed by atoms with E-state index in [0.29, 0.717) is 0 Å². The summed E-state index contributed by atoms with van der Waals surface area (Å²) in [6.07, 6.45) is 11.0. The first kappa shape index (κ1) is 8.32. The average molecular weight is 178 g/mol. The second-order valence-electron chi connectivity index (χ2n) is 5.80. The number of fused-ring (bicyclic) bond motifs is 2. The summed E-state index contributed by atoms with van der Waals surface area (Å²) in [5, 5.41) is 0. The molecule has 0 aliphatic heterocycles. The zero-order chi connectivity index (χ0) is 8.84. The summed E-state index contributed by atoms with van der Waals surface area (Å²) in [5.74, 6) is 5.65. The van der Waals surface area contributed by atoms with Crippen LogP contribution in [0.25, 0.3) is 0 Å². The van der Waals surface area contributed by atoms with Crippen LogP contribution in [0.15, 0.2) is 0 Å². The molecule has 0 saturated heterocycles. The van der Waals surface area contributed by atoms with E-state index >= 15 is 0 Å². The van der Waals surface area contributed by atoms with E-state index in [9.17, 15) is 0 Å². The van der Waals surface area contributed by atoms with Crippen LogP contribution in [0.3, 0.4) is 0 Å². The predicted molar refractivity (Wildman–Crippen MR) is 55.4 cm³/mol. The van der Waals surface area contributed by atoms with E-state index in [1.807, 2.05) is 0 Å². The lowest BCUT2D eigenvalue weighted by Crippen LogP contribution is -2.33. The number of hydrogen-bond acceptors (Lipinski definition) is 0. The van der Waals surface area contributed by atoms with E-state index in [1.54, 1.807) is 44.9 Å². The molecule has 0 heterocycles. The van der Waals surface area contributed by atoms with Crippen molar-refractivity contribution >= 4 is 0 Å². The zero-order valence-electron chi connectivity index (χ0n) is 8.84. The van der Waals surface area contributed by atoms with Gasteiger partial charge in [0.1, 0.15) is 0 Å². The maximum Gasteiger partial charge on any atom is -0.0357 e. The Bertz CT molecular complexity index is 176. The maximum absolute atomic E-state index is 2.56. The van der Waals surface area contributed by atoms with Gasteiger partial charge in [-0.1, -0.05) is 32.6 Å². The molecule has 0 heteroatoms. The van der Waals surface area contributed by atoms with Crippen molar-refractivity contribution in [3.05, 3.63) is 0 Å². The standard InChI is InChI=1S/C13H22/c1-9-12-6-2-4-10(12)8-11-5-3-7-13(9)11/h9-13H,2-8H2,1H3. The van der Waals surface area contributed by atoms with Crippen molar-refractivity contribution in [1.82, 2.24) is 0 Å². The van der Waals surface area contributed by atoms with Crippen LogP contribution >= 0.6 is 0 Å². The fourth-order valence-corrected chi connectivity index (χ4v) is 4.81. The van der Waals surface area contributed by atoms with Crippen LogP contribution < -0.4 is 0 Å². The molecule has 0 radical (unpaired) electrons. The first-order chi connectivity index (χ1) is 6.36. The zero-order valence-corrected chi connectivity index (χ0v) is 8.84. The Balaban J connectivity index is 1.82. The molecule has 13 heavy (non-hydrogen) atoms. The third kappa shape index (κ3) is 1.17. The lowest BCUT2D eigenvalue weighted by molar-refractivity contribution is 0.0852. The summed E-state index contributed by atoms with van der Waals surface area (Å²) in [6, 6.07) is 0. The molecule has 3 aliphatic carbocycles. The van der Waals surface area contributed by atoms with E-state index in [-0.39, 0.29) is 0 Å². The van der Waals surface area contributed by atoms with Crippen LogP contribution in [-0.4, -0.2) is 0 Å². The van der Waals surface area contributed by atoms with Gasteiger partial charge in [-0.15, -0.1) is 0 Å². The molecular weight excluding hydrogens is 156 g/mol. The van der Waals surface area contributed by atoms with Crippen molar-refractivity contribution in [3.8, 4) is 0 Å². The maximum atomic E-state index is 2.56. The summed E-state index contributed by atoms with van der Waals surface area (Å²) in [6.45, 7) is 2.56. The molecule has 0 aromatic carbocycles. The van der Waals surface area contributed by atoms with Gasteiger partial charge < -0.3 is 0 Å². The van der Waals surface area contributed by atoms with Crippen molar-refractivity contribution in [2.75, 3.05) is 0 Å². The second-order valence-corrected chi connectivity index (χ2v) is 5.80. The molecular formula is C13H22. The molecule has 3 saturated carbocycles. The van der Waals surface area contributed by atoms with E-state index in [1.165, 1.54) is 0 Å². The highest BCUT2D eigenvalue weighted by molar-refractivity contribution is 4.95. The molecule has 3 rings (SSSR count). The highest BCUT2D eigenvalue weighted by Gasteiger charge is 2.45. The van der Waals surface area contributed by atoms with Gasteiger partial charge in [0.25, 0.3) is 0 Å². The quantitative estimate of drug-likeness (QED) is 0.528. The van der Waals surface area contributed by atoms with Crippen LogP contribution in [0.2, 0.25) is 0 Å². The predicted octanol–water partition coefficient (Wildman–Crippen LogP) is 3.86. The first-order valence-corrected chi connectivity index (χ1v) is 6.36. The molecule has 0 spiro atoms. The van der Waals surface area contributed by atoms with Gasteiger partial charge in [0.2, 0.25) is 0 Å². The Morgan fingerprint density at radius 2 is 1.31 bits per heavy atom. The fraction of sp³-hybridized carbons (Fsp3) is 1.00. The van der Waals surface area contributed by atoms with Crippen molar-refractivity contribution in [2.45, 2.75) is 51.9 Å². The molecule has 0 amide bonds. The number of hydrogen-bond donors (Lipinski definition) is 0. The van der Waals surface area contributed by atoms with Crippen LogP contribution in [0, 0.1) is 29.6 Å². The van der Waals surface area contributed by atoms with Crippen molar-refractivity contribution in [1.29, 1.82) is 0 Å². The summed E-state index contributed by atoms with van der Waals surface area (Å²) >= 11 is 0. The fourth-order valence-electron chi connectivity index (χ4n) is 4.81. The lowest BCUT2D eigenvalue weighted by atomic mass is 9.65. The summed E-state index contributed by atoms with van der Waals surface area (Å²) < 4.78 is 0. The van der Waals surface area contributed by atoms with Gasteiger partial charge in [0.15, 0.2) is 0 Å². The van der Waals surface area contributed by atoms with Gasteiger partial charge >= 0.3 is 0 Å². The second kappa shape index (κ2) is 3.00. The minimum atomic E-state index is 1.08. The molecule has 0 aromatic heterocycles. The Hall–Kier alpha value is 0.